The van der Waals surface area contributed by atoms with Gasteiger partial charge < -0.3 is 4.74 Å². The van der Waals surface area contributed by atoms with Crippen molar-refractivity contribution in [1.29, 1.82) is 0 Å². The fraction of sp³-hybridized carbons (Fsp3) is 1.00. The van der Waals surface area contributed by atoms with Gasteiger partial charge in [0, 0.05) is 4.75 Å². The molecule has 0 fully saturated rings. The quantitative estimate of drug-likeness (QED) is 0.652. The number of rotatable bonds is 6. The fourth-order valence-corrected chi connectivity index (χ4v) is 1.28. The van der Waals surface area contributed by atoms with E-state index in [-0.39, 0.29) is 10.3 Å². The van der Waals surface area contributed by atoms with E-state index < -0.39 is 0 Å². The second-order valence-electron chi connectivity index (χ2n) is 4.76. The molecule has 0 heterocycles. The molecule has 0 aliphatic carbocycles. The lowest BCUT2D eigenvalue weighted by Crippen LogP contribution is -2.32. The molecule has 0 atom stereocenters. The molecule has 0 spiro atoms. The first-order valence-corrected chi connectivity index (χ1v) is 6.24. The van der Waals surface area contributed by atoms with Crippen molar-refractivity contribution >= 4 is 11.8 Å². The Balaban J connectivity index is 3.86. The Labute approximate surface area is 87.6 Å². The lowest BCUT2D eigenvalue weighted by atomic mass is 10.0. The van der Waals surface area contributed by atoms with E-state index in [9.17, 15) is 0 Å². The minimum atomic E-state index is 0.0434. The van der Waals surface area contributed by atoms with Crippen LogP contribution in [0.5, 0.6) is 0 Å². The molecule has 0 saturated heterocycles. The van der Waals surface area contributed by atoms with Gasteiger partial charge in [0.05, 0.1) is 12.2 Å². The topological polar surface area (TPSA) is 9.23 Å². The van der Waals surface area contributed by atoms with E-state index in [1.54, 1.807) is 0 Å². The average molecular weight is 204 g/mol. The van der Waals surface area contributed by atoms with E-state index in [4.69, 9.17) is 4.74 Å². The molecule has 0 radical (unpaired) electrons. The van der Waals surface area contributed by atoms with Gasteiger partial charge in [0.25, 0.3) is 0 Å². The Morgan fingerprint density at radius 2 is 1.69 bits per heavy atom. The van der Waals surface area contributed by atoms with Crippen LogP contribution in [0.4, 0.5) is 0 Å². The molecule has 1 nitrogen and oxygen atoms in total. The summed E-state index contributed by atoms with van der Waals surface area (Å²) in [4.78, 5) is 0. The minimum Gasteiger partial charge on any atom is -0.374 e. The highest BCUT2D eigenvalue weighted by Crippen LogP contribution is 2.25. The Morgan fingerprint density at radius 3 is 2.08 bits per heavy atom. The maximum Gasteiger partial charge on any atom is 0.0627 e. The molecule has 0 aromatic carbocycles. The summed E-state index contributed by atoms with van der Waals surface area (Å²) in [6.45, 7) is 11.8. The Morgan fingerprint density at radius 1 is 1.15 bits per heavy atom. The molecule has 0 aliphatic rings. The van der Waals surface area contributed by atoms with Crippen molar-refractivity contribution < 1.29 is 4.74 Å². The Bertz CT molecular complexity index is 141. The molecule has 80 valence electrons. The van der Waals surface area contributed by atoms with Crippen molar-refractivity contribution in [3.8, 4) is 0 Å². The highest BCUT2D eigenvalue weighted by molar-refractivity contribution is 7.99. The third-order valence-corrected chi connectivity index (χ3v) is 3.44. The van der Waals surface area contributed by atoms with Gasteiger partial charge in [-0.25, -0.2) is 0 Å². The summed E-state index contributed by atoms with van der Waals surface area (Å²) < 4.78 is 6.15. The molecule has 2 heteroatoms. The van der Waals surface area contributed by atoms with Crippen molar-refractivity contribution in [2.45, 2.75) is 57.8 Å². The first-order chi connectivity index (χ1) is 5.83. The summed E-state index contributed by atoms with van der Waals surface area (Å²) in [5.74, 6) is 0. The number of thioether (sulfide) groups is 1. The highest BCUT2D eigenvalue weighted by atomic mass is 32.2. The molecule has 0 saturated carbocycles. The molecular weight excluding hydrogens is 180 g/mol. The summed E-state index contributed by atoms with van der Waals surface area (Å²) in [7, 11) is 0. The normalized spacial score (nSPS) is 13.4. The summed E-state index contributed by atoms with van der Waals surface area (Å²) in [5, 5.41) is 0. The van der Waals surface area contributed by atoms with Crippen LogP contribution in [0.2, 0.25) is 0 Å². The summed E-state index contributed by atoms with van der Waals surface area (Å²) >= 11 is 1.86. The van der Waals surface area contributed by atoms with Gasteiger partial charge in [-0.15, -0.1) is 0 Å². The van der Waals surface area contributed by atoms with Crippen LogP contribution in [0.25, 0.3) is 0 Å². The third kappa shape index (κ3) is 6.39. The average Bonchev–Trinajstić information content (AvgIpc) is 2.02. The number of hydrogen-bond acceptors (Lipinski definition) is 2. The van der Waals surface area contributed by atoms with Gasteiger partial charge >= 0.3 is 0 Å². The number of ether oxygens (including phenoxy) is 1. The third-order valence-electron chi connectivity index (χ3n) is 2.22. The van der Waals surface area contributed by atoms with Crippen LogP contribution in [0.15, 0.2) is 0 Å². The molecule has 0 rings (SSSR count). The van der Waals surface area contributed by atoms with E-state index in [0.29, 0.717) is 0 Å². The first-order valence-electron chi connectivity index (χ1n) is 5.02. The van der Waals surface area contributed by atoms with Crippen LogP contribution >= 0.6 is 11.8 Å². The molecule has 13 heavy (non-hydrogen) atoms. The van der Waals surface area contributed by atoms with Gasteiger partial charge in [-0.05, 0) is 40.4 Å². The van der Waals surface area contributed by atoms with E-state index in [1.807, 2.05) is 11.8 Å². The fourth-order valence-electron chi connectivity index (χ4n) is 1.10. The molecule has 0 aromatic heterocycles. The van der Waals surface area contributed by atoms with Crippen molar-refractivity contribution in [2.24, 2.45) is 0 Å². The maximum atomic E-state index is 5.90. The largest absolute Gasteiger partial charge is 0.374 e. The lowest BCUT2D eigenvalue weighted by molar-refractivity contribution is -0.0310. The van der Waals surface area contributed by atoms with E-state index in [1.165, 1.54) is 6.42 Å². The van der Waals surface area contributed by atoms with E-state index in [2.05, 4.69) is 40.9 Å². The van der Waals surface area contributed by atoms with E-state index in [0.717, 1.165) is 13.0 Å². The number of hydrogen-bond donors (Lipinski definition) is 0. The minimum absolute atomic E-state index is 0.0434. The Kier molecular flexibility index (Phi) is 5.38. The smallest absolute Gasteiger partial charge is 0.0627 e. The van der Waals surface area contributed by atoms with Crippen molar-refractivity contribution in [1.82, 2.24) is 0 Å². The first kappa shape index (κ1) is 13.3. The maximum absolute atomic E-state index is 5.90. The Hall–Kier alpha value is 0.310. The zero-order valence-corrected chi connectivity index (χ0v) is 10.8. The second-order valence-corrected chi connectivity index (χ2v) is 6.28. The van der Waals surface area contributed by atoms with Gasteiger partial charge in [0.15, 0.2) is 0 Å². The van der Waals surface area contributed by atoms with Gasteiger partial charge in [0.2, 0.25) is 0 Å². The predicted octanol–water partition coefficient (Wildman–Crippen LogP) is 3.72. The molecule has 0 aromatic rings. The highest BCUT2D eigenvalue weighted by Gasteiger charge is 2.23. The van der Waals surface area contributed by atoms with Crippen molar-refractivity contribution in [2.75, 3.05) is 12.9 Å². The zero-order valence-electron chi connectivity index (χ0n) is 9.94. The summed E-state index contributed by atoms with van der Waals surface area (Å²) in [5.41, 5.74) is 0.0434. The van der Waals surface area contributed by atoms with Crippen LogP contribution in [0.3, 0.4) is 0 Å². The van der Waals surface area contributed by atoms with Gasteiger partial charge in [-0.3, -0.25) is 0 Å². The van der Waals surface area contributed by atoms with Crippen LogP contribution < -0.4 is 0 Å². The van der Waals surface area contributed by atoms with Crippen LogP contribution in [0.1, 0.15) is 47.5 Å². The van der Waals surface area contributed by atoms with Gasteiger partial charge in [0.1, 0.15) is 0 Å². The van der Waals surface area contributed by atoms with Crippen LogP contribution in [0, 0.1) is 0 Å². The molecule has 0 amide bonds. The molecular formula is C11H24OS. The van der Waals surface area contributed by atoms with Crippen molar-refractivity contribution in [3.05, 3.63) is 0 Å². The van der Waals surface area contributed by atoms with Gasteiger partial charge in [-0.1, -0.05) is 13.3 Å². The lowest BCUT2D eigenvalue weighted by Gasteiger charge is -2.30. The standard InChI is InChI=1S/C11H24OS/c1-7-8-10(2,3)12-9-11(4,5)13-6/h7-9H2,1-6H3. The second kappa shape index (κ2) is 5.26. The predicted molar refractivity (Wildman–Crippen MR) is 62.5 cm³/mol. The summed E-state index contributed by atoms with van der Waals surface area (Å²) in [6, 6.07) is 0. The monoisotopic (exact) mass is 204 g/mol. The van der Waals surface area contributed by atoms with Gasteiger partial charge in [-0.2, -0.15) is 11.8 Å². The molecule has 0 bridgehead atoms. The van der Waals surface area contributed by atoms with E-state index >= 15 is 0 Å². The molecule has 0 N–H and O–H groups in total. The summed E-state index contributed by atoms with van der Waals surface area (Å²) in [6.07, 6.45) is 4.46. The van der Waals surface area contributed by atoms with Crippen molar-refractivity contribution in [3.63, 3.8) is 0 Å². The van der Waals surface area contributed by atoms with Crippen LogP contribution in [-0.4, -0.2) is 23.2 Å². The zero-order chi connectivity index (χ0) is 10.5. The SMILES string of the molecule is CCCC(C)(C)OCC(C)(C)SC. The molecule has 0 aliphatic heterocycles. The van der Waals surface area contributed by atoms with Crippen LogP contribution in [-0.2, 0) is 4.74 Å². The molecule has 0 unspecified atom stereocenters.